The van der Waals surface area contributed by atoms with Crippen LogP contribution in [-0.2, 0) is 0 Å². The third-order valence-corrected chi connectivity index (χ3v) is 9.12. The molecule has 8 aromatic carbocycles. The largest absolute Gasteiger partial charge is 0.278 e. The van der Waals surface area contributed by atoms with Gasteiger partial charge in [-0.15, -0.1) is 0 Å². The van der Waals surface area contributed by atoms with Crippen molar-refractivity contribution < 1.29 is 0 Å². The summed E-state index contributed by atoms with van der Waals surface area (Å²) in [5, 5.41) is 13.0. The predicted molar refractivity (Wildman–Crippen MR) is 180 cm³/mol. The van der Waals surface area contributed by atoms with E-state index in [9.17, 15) is 0 Å². The zero-order valence-electron chi connectivity index (χ0n) is 23.1. The van der Waals surface area contributed by atoms with Crippen LogP contribution in [0.15, 0.2) is 140 Å². The molecular weight excluding hydrogens is 522 g/mol. The minimum absolute atomic E-state index is 0.680. The maximum atomic E-state index is 5.24. The monoisotopic (exact) mass is 545 g/mol. The van der Waals surface area contributed by atoms with Gasteiger partial charge in [-0.3, -0.25) is 4.57 Å². The van der Waals surface area contributed by atoms with Gasteiger partial charge in [0.1, 0.15) is 0 Å². The summed E-state index contributed by atoms with van der Waals surface area (Å²) in [7, 11) is 0. The summed E-state index contributed by atoms with van der Waals surface area (Å²) in [6, 6.07) is 49.7. The molecule has 0 unspecified atom stereocenters. The highest BCUT2D eigenvalue weighted by Gasteiger charge is 2.24. The summed E-state index contributed by atoms with van der Waals surface area (Å²) in [5.74, 6) is 0.680. The van der Waals surface area contributed by atoms with Gasteiger partial charge in [0.05, 0.1) is 22.4 Å². The number of fused-ring (bicyclic) bond motifs is 4. The zero-order valence-corrected chi connectivity index (χ0v) is 23.1. The molecule has 0 saturated carbocycles. The summed E-state index contributed by atoms with van der Waals surface area (Å²) in [5.41, 5.74) is 6.21. The van der Waals surface area contributed by atoms with E-state index in [1.807, 2.05) is 12.1 Å². The number of hydrogen-bond acceptors (Lipinski definition) is 2. The fourth-order valence-electron chi connectivity index (χ4n) is 7.35. The molecule has 0 radical (unpaired) electrons. The highest BCUT2D eigenvalue weighted by Crippen LogP contribution is 2.49. The molecular formula is C40H23N3. The number of nitrogens with zero attached hydrogens (tertiary/aromatic N) is 3. The average Bonchev–Trinajstić information content (AvgIpc) is 3.43. The molecule has 10 aromatic rings. The molecule has 0 saturated heterocycles. The second kappa shape index (κ2) is 8.37. The van der Waals surface area contributed by atoms with Gasteiger partial charge in [0.2, 0.25) is 5.95 Å². The molecule has 3 nitrogen and oxygen atoms in total. The number of rotatable bonds is 3. The zero-order chi connectivity index (χ0) is 28.1. The van der Waals surface area contributed by atoms with Gasteiger partial charge in [-0.25, -0.2) is 9.97 Å². The first-order chi connectivity index (χ1) is 21.3. The molecule has 3 heteroatoms. The third-order valence-electron chi connectivity index (χ3n) is 9.12. The fraction of sp³-hybridized carbons (Fsp3) is 0. The van der Waals surface area contributed by atoms with Gasteiger partial charge in [0, 0.05) is 27.3 Å². The molecule has 0 fully saturated rings. The molecule has 0 aliphatic rings. The van der Waals surface area contributed by atoms with Crippen LogP contribution >= 0.6 is 0 Å². The van der Waals surface area contributed by atoms with Crippen molar-refractivity contribution in [2.24, 2.45) is 0 Å². The Balaban J connectivity index is 1.40. The molecule has 2 aromatic heterocycles. The molecule has 198 valence electrons. The lowest BCUT2D eigenvalue weighted by Gasteiger charge is -2.16. The highest BCUT2D eigenvalue weighted by molar-refractivity contribution is 6.44. The maximum Gasteiger partial charge on any atom is 0.235 e. The van der Waals surface area contributed by atoms with E-state index in [1.165, 1.54) is 53.9 Å². The predicted octanol–water partition coefficient (Wildman–Crippen LogP) is 10.4. The first kappa shape index (κ1) is 22.8. The normalized spacial score (nSPS) is 12.2. The standard InChI is InChI=1S/C40H23N3/c1-3-11-24(12-4-1)32-23-33(25-13-5-2-6-14-25)42-40(41-32)43-34-20-10-19-30-29-18-9-17-28-26-15-7-8-16-27(26)31-21-22-35(43)39(37(30)34)38(31)36(28)29/h1-23H. The Morgan fingerprint density at radius 1 is 0.349 bits per heavy atom. The van der Waals surface area contributed by atoms with Crippen molar-refractivity contribution in [2.45, 2.75) is 0 Å². The van der Waals surface area contributed by atoms with E-state index in [2.05, 4.69) is 132 Å². The van der Waals surface area contributed by atoms with Crippen molar-refractivity contribution >= 4 is 64.9 Å². The van der Waals surface area contributed by atoms with Gasteiger partial charge in [-0.2, -0.15) is 0 Å². The van der Waals surface area contributed by atoms with E-state index in [0.29, 0.717) is 5.95 Å². The Kier molecular flexibility index (Phi) is 4.45. The Morgan fingerprint density at radius 2 is 0.837 bits per heavy atom. The van der Waals surface area contributed by atoms with Crippen LogP contribution in [0.25, 0.3) is 93.4 Å². The summed E-state index contributed by atoms with van der Waals surface area (Å²) < 4.78 is 2.28. The molecule has 2 heterocycles. The van der Waals surface area contributed by atoms with Gasteiger partial charge < -0.3 is 0 Å². The van der Waals surface area contributed by atoms with E-state index in [1.54, 1.807) is 0 Å². The van der Waals surface area contributed by atoms with Crippen LogP contribution in [0.5, 0.6) is 0 Å². The molecule has 0 aliphatic heterocycles. The lowest BCUT2D eigenvalue weighted by molar-refractivity contribution is 0.996. The molecule has 0 spiro atoms. The van der Waals surface area contributed by atoms with Crippen LogP contribution in [0.3, 0.4) is 0 Å². The topological polar surface area (TPSA) is 30.7 Å². The van der Waals surface area contributed by atoms with E-state index in [0.717, 1.165) is 33.5 Å². The summed E-state index contributed by atoms with van der Waals surface area (Å²) >= 11 is 0. The van der Waals surface area contributed by atoms with Crippen molar-refractivity contribution in [3.63, 3.8) is 0 Å². The van der Waals surface area contributed by atoms with Crippen molar-refractivity contribution in [1.29, 1.82) is 0 Å². The number of aromatic nitrogens is 3. The molecule has 0 amide bonds. The van der Waals surface area contributed by atoms with E-state index in [-0.39, 0.29) is 0 Å². The Bertz CT molecular complexity index is 2590. The summed E-state index contributed by atoms with van der Waals surface area (Å²) in [6.45, 7) is 0. The van der Waals surface area contributed by atoms with Gasteiger partial charge in [-0.1, -0.05) is 121 Å². The third kappa shape index (κ3) is 3.03. The SMILES string of the molecule is c1ccc(-c2cc(-c3ccccc3)nc(-n3c4cccc5c6cccc7c8ccccc8c8ccc3c(c8c76)c54)n2)cc1. The van der Waals surface area contributed by atoms with Crippen molar-refractivity contribution in [3.05, 3.63) is 140 Å². The lowest BCUT2D eigenvalue weighted by atomic mass is 9.86. The van der Waals surface area contributed by atoms with E-state index < -0.39 is 0 Å². The first-order valence-corrected chi connectivity index (χ1v) is 14.7. The van der Waals surface area contributed by atoms with Crippen LogP contribution in [-0.4, -0.2) is 14.5 Å². The molecule has 43 heavy (non-hydrogen) atoms. The maximum absolute atomic E-state index is 5.24. The quantitative estimate of drug-likeness (QED) is 0.163. The molecule has 0 aliphatic carbocycles. The summed E-state index contributed by atoms with van der Waals surface area (Å²) in [6.07, 6.45) is 0. The Morgan fingerprint density at radius 3 is 1.49 bits per heavy atom. The van der Waals surface area contributed by atoms with Gasteiger partial charge in [0.25, 0.3) is 0 Å². The van der Waals surface area contributed by atoms with Crippen molar-refractivity contribution in [2.75, 3.05) is 0 Å². The highest BCUT2D eigenvalue weighted by atomic mass is 15.2. The van der Waals surface area contributed by atoms with Crippen molar-refractivity contribution in [1.82, 2.24) is 14.5 Å². The van der Waals surface area contributed by atoms with E-state index in [4.69, 9.17) is 9.97 Å². The van der Waals surface area contributed by atoms with Gasteiger partial charge >= 0.3 is 0 Å². The first-order valence-electron chi connectivity index (χ1n) is 14.7. The van der Waals surface area contributed by atoms with Crippen LogP contribution in [0.4, 0.5) is 0 Å². The molecule has 0 atom stereocenters. The number of benzene rings is 8. The molecule has 10 rings (SSSR count). The fourth-order valence-corrected chi connectivity index (χ4v) is 7.35. The minimum atomic E-state index is 0.680. The Hall–Kier alpha value is -5.80. The second-order valence-corrected chi connectivity index (χ2v) is 11.4. The number of hydrogen-bond donors (Lipinski definition) is 0. The van der Waals surface area contributed by atoms with Crippen molar-refractivity contribution in [3.8, 4) is 28.5 Å². The van der Waals surface area contributed by atoms with Gasteiger partial charge in [-0.05, 0) is 55.9 Å². The lowest BCUT2D eigenvalue weighted by Crippen LogP contribution is -2.03. The molecule has 0 bridgehead atoms. The van der Waals surface area contributed by atoms with Crippen LogP contribution in [0, 0.1) is 0 Å². The van der Waals surface area contributed by atoms with Gasteiger partial charge in [0.15, 0.2) is 0 Å². The van der Waals surface area contributed by atoms with E-state index >= 15 is 0 Å². The summed E-state index contributed by atoms with van der Waals surface area (Å²) in [4.78, 5) is 10.5. The minimum Gasteiger partial charge on any atom is -0.278 e. The molecule has 0 N–H and O–H groups in total. The Labute approximate surface area is 247 Å². The second-order valence-electron chi connectivity index (χ2n) is 11.4. The smallest absolute Gasteiger partial charge is 0.235 e. The average molecular weight is 546 g/mol. The van der Waals surface area contributed by atoms with Crippen LogP contribution in [0.2, 0.25) is 0 Å². The van der Waals surface area contributed by atoms with Crippen LogP contribution in [0.1, 0.15) is 0 Å². The van der Waals surface area contributed by atoms with Crippen LogP contribution < -0.4 is 0 Å².